The average Bonchev–Trinajstić information content (AvgIpc) is 2.83. The number of benzene rings is 2. The number of hydrogen-bond donors (Lipinski definition) is 1. The fraction of sp³-hybridized carbons (Fsp3) is 0.515. The third-order valence-electron chi connectivity index (χ3n) is 6.84. The molecule has 1 N–H and O–H groups in total. The van der Waals surface area contributed by atoms with Crippen LogP contribution in [0.5, 0.6) is 0 Å². The van der Waals surface area contributed by atoms with Crippen molar-refractivity contribution in [3.8, 4) is 0 Å². The molecule has 0 spiro atoms. The first-order valence-electron chi connectivity index (χ1n) is 14.1. The lowest BCUT2D eigenvalue weighted by Gasteiger charge is -2.38. The fourth-order valence-electron chi connectivity index (χ4n) is 5.04. The molecule has 1 fully saturated rings. The fourth-order valence-corrected chi connectivity index (χ4v) is 5.04. The molecule has 1 saturated carbocycles. The highest BCUT2D eigenvalue weighted by atomic mass is 16.6. The van der Waals surface area contributed by atoms with Gasteiger partial charge in [-0.1, -0.05) is 69.0 Å². The summed E-state index contributed by atoms with van der Waals surface area (Å²) in [7, 11) is 0. The Balaban J connectivity index is 1.96. The van der Waals surface area contributed by atoms with E-state index in [2.05, 4.69) is 36.2 Å². The van der Waals surface area contributed by atoms with E-state index in [4.69, 9.17) is 4.74 Å². The predicted octanol–water partition coefficient (Wildman–Crippen LogP) is 7.72. The number of carbonyl (C=O) groups excluding carboxylic acids is 2. The molecule has 206 valence electrons. The normalized spacial score (nSPS) is 14.9. The van der Waals surface area contributed by atoms with Crippen molar-refractivity contribution < 1.29 is 14.3 Å². The van der Waals surface area contributed by atoms with Crippen molar-refractivity contribution in [3.63, 3.8) is 0 Å². The Bertz CT molecular complexity index is 1120. The number of carbonyl (C=O) groups is 2. The van der Waals surface area contributed by atoms with E-state index in [-0.39, 0.29) is 11.9 Å². The van der Waals surface area contributed by atoms with Gasteiger partial charge in [-0.05, 0) is 82.2 Å². The molecule has 3 rings (SSSR count). The monoisotopic (exact) mass is 518 g/mol. The summed E-state index contributed by atoms with van der Waals surface area (Å²) in [6.07, 6.45) is 7.95. The van der Waals surface area contributed by atoms with Crippen LogP contribution in [-0.4, -0.2) is 30.1 Å². The molecule has 1 amide bonds. The second-order valence-electron chi connectivity index (χ2n) is 12.1. The van der Waals surface area contributed by atoms with E-state index in [0.29, 0.717) is 18.4 Å². The minimum absolute atomic E-state index is 0.0471. The highest BCUT2D eigenvalue weighted by molar-refractivity contribution is 5.97. The van der Waals surface area contributed by atoms with Crippen molar-refractivity contribution in [1.29, 1.82) is 0 Å². The average molecular weight is 519 g/mol. The van der Waals surface area contributed by atoms with Crippen LogP contribution in [0.3, 0.4) is 0 Å². The third-order valence-corrected chi connectivity index (χ3v) is 6.84. The molecular weight excluding hydrogens is 472 g/mol. The van der Waals surface area contributed by atoms with Gasteiger partial charge < -0.3 is 15.0 Å². The number of esters is 1. The number of aryl methyl sites for hydroxylation is 1. The zero-order valence-electron chi connectivity index (χ0n) is 24.4. The van der Waals surface area contributed by atoms with Gasteiger partial charge in [0, 0.05) is 18.7 Å². The number of nitrogens with one attached hydrogen (secondary N) is 1. The summed E-state index contributed by atoms with van der Waals surface area (Å²) in [6, 6.07) is 14.7. The molecule has 2 aromatic rings. The first-order chi connectivity index (χ1) is 17.9. The third kappa shape index (κ3) is 9.04. The summed E-state index contributed by atoms with van der Waals surface area (Å²) in [5.74, 6) is 0.0726. The molecule has 0 radical (unpaired) electrons. The maximum absolute atomic E-state index is 13.2. The minimum atomic E-state index is -0.551. The number of allylic oxidation sites excluding steroid dienone is 1. The summed E-state index contributed by atoms with van der Waals surface area (Å²) in [4.78, 5) is 28.2. The highest BCUT2D eigenvalue weighted by Crippen LogP contribution is 2.35. The van der Waals surface area contributed by atoms with Crippen molar-refractivity contribution >= 4 is 28.8 Å². The minimum Gasteiger partial charge on any atom is -0.457 e. The number of amides is 1. The summed E-state index contributed by atoms with van der Waals surface area (Å²) in [6.45, 7) is 14.9. The number of nitrogens with zero attached hydrogens (tertiary/aromatic N) is 1. The Labute approximate surface area is 229 Å². The molecule has 0 aromatic heterocycles. The van der Waals surface area contributed by atoms with E-state index >= 15 is 0 Å². The molecule has 5 nitrogen and oxygen atoms in total. The van der Waals surface area contributed by atoms with Crippen molar-refractivity contribution in [2.24, 2.45) is 5.92 Å². The van der Waals surface area contributed by atoms with Crippen LogP contribution in [0.25, 0.3) is 5.57 Å². The van der Waals surface area contributed by atoms with Gasteiger partial charge in [-0.2, -0.15) is 0 Å². The standard InChI is InChI=1S/C33H46N2O3/c1-23(2)22-35(28-11-9-8-10-12-28)30-18-17-27(25(4)19-32(37)38-33(5,6)7)21-29(30)34-31(36)20-26-15-13-24(3)14-16-26/h13-19,21,23,28H,8-12,20,22H2,1-7H3,(H,34,36)/b25-19+. The molecule has 0 bridgehead atoms. The zero-order valence-corrected chi connectivity index (χ0v) is 24.4. The quantitative estimate of drug-likeness (QED) is 0.273. The summed E-state index contributed by atoms with van der Waals surface area (Å²) in [5, 5.41) is 3.23. The van der Waals surface area contributed by atoms with Crippen LogP contribution in [0.4, 0.5) is 11.4 Å². The van der Waals surface area contributed by atoms with Crippen LogP contribution >= 0.6 is 0 Å². The molecule has 5 heteroatoms. The second kappa shape index (κ2) is 13.1. The maximum atomic E-state index is 13.2. The van der Waals surface area contributed by atoms with Gasteiger partial charge in [-0.3, -0.25) is 4.79 Å². The molecule has 0 atom stereocenters. The van der Waals surface area contributed by atoms with Crippen LogP contribution < -0.4 is 10.2 Å². The lowest BCUT2D eigenvalue weighted by atomic mass is 9.92. The molecular formula is C33H46N2O3. The van der Waals surface area contributed by atoms with Gasteiger partial charge in [0.1, 0.15) is 5.60 Å². The van der Waals surface area contributed by atoms with Crippen molar-refractivity contribution in [3.05, 3.63) is 65.2 Å². The molecule has 2 aromatic carbocycles. The second-order valence-corrected chi connectivity index (χ2v) is 12.1. The van der Waals surface area contributed by atoms with E-state index in [0.717, 1.165) is 34.6 Å². The van der Waals surface area contributed by atoms with Crippen molar-refractivity contribution in [2.45, 2.75) is 98.6 Å². The van der Waals surface area contributed by atoms with Gasteiger partial charge in [0.25, 0.3) is 0 Å². The summed E-state index contributed by atoms with van der Waals surface area (Å²) in [5.41, 5.74) is 5.14. The number of hydrogen-bond acceptors (Lipinski definition) is 4. The summed E-state index contributed by atoms with van der Waals surface area (Å²) < 4.78 is 5.49. The first-order valence-corrected chi connectivity index (χ1v) is 14.1. The van der Waals surface area contributed by atoms with E-state index in [1.54, 1.807) is 0 Å². The lowest BCUT2D eigenvalue weighted by Crippen LogP contribution is -2.40. The van der Waals surface area contributed by atoms with E-state index in [9.17, 15) is 9.59 Å². The van der Waals surface area contributed by atoms with Gasteiger partial charge in [0.2, 0.25) is 5.91 Å². The molecule has 38 heavy (non-hydrogen) atoms. The Kier molecular flexibility index (Phi) is 10.2. The maximum Gasteiger partial charge on any atom is 0.331 e. The Morgan fingerprint density at radius 1 is 1.05 bits per heavy atom. The number of ether oxygens (including phenoxy) is 1. The zero-order chi connectivity index (χ0) is 27.9. The molecule has 1 aliphatic carbocycles. The largest absolute Gasteiger partial charge is 0.457 e. The van der Waals surface area contributed by atoms with Gasteiger partial charge in [0.05, 0.1) is 17.8 Å². The number of rotatable bonds is 9. The SMILES string of the molecule is C/C(=C\C(=O)OC(C)(C)C)c1ccc(N(CC(C)C)C2CCCCC2)c(NC(=O)Cc2ccc(C)cc2)c1. The van der Waals surface area contributed by atoms with Gasteiger partial charge in [0.15, 0.2) is 0 Å². The van der Waals surface area contributed by atoms with Crippen LogP contribution in [0.2, 0.25) is 0 Å². The van der Waals surface area contributed by atoms with Gasteiger partial charge >= 0.3 is 5.97 Å². The van der Waals surface area contributed by atoms with Crippen LogP contribution in [0, 0.1) is 12.8 Å². The van der Waals surface area contributed by atoms with Crippen molar-refractivity contribution in [2.75, 3.05) is 16.8 Å². The van der Waals surface area contributed by atoms with E-state index in [1.807, 2.05) is 65.0 Å². The van der Waals surface area contributed by atoms with E-state index < -0.39 is 5.60 Å². The van der Waals surface area contributed by atoms with Crippen LogP contribution in [0.15, 0.2) is 48.5 Å². The smallest absolute Gasteiger partial charge is 0.331 e. The lowest BCUT2D eigenvalue weighted by molar-refractivity contribution is -0.148. The number of anilines is 2. The molecule has 0 unspecified atom stereocenters. The topological polar surface area (TPSA) is 58.6 Å². The van der Waals surface area contributed by atoms with Gasteiger partial charge in [-0.15, -0.1) is 0 Å². The molecule has 0 saturated heterocycles. The molecule has 0 heterocycles. The van der Waals surface area contributed by atoms with Crippen LogP contribution in [-0.2, 0) is 20.7 Å². The van der Waals surface area contributed by atoms with Crippen LogP contribution in [0.1, 0.15) is 90.3 Å². The summed E-state index contributed by atoms with van der Waals surface area (Å²) >= 11 is 0. The Hall–Kier alpha value is -3.08. The Morgan fingerprint density at radius 3 is 2.32 bits per heavy atom. The van der Waals surface area contributed by atoms with E-state index in [1.165, 1.54) is 43.7 Å². The Morgan fingerprint density at radius 2 is 1.71 bits per heavy atom. The predicted molar refractivity (Wildman–Crippen MR) is 159 cm³/mol. The highest BCUT2D eigenvalue weighted by Gasteiger charge is 2.25. The first kappa shape index (κ1) is 29.5. The van der Waals surface area contributed by atoms with Gasteiger partial charge in [-0.25, -0.2) is 4.79 Å². The molecule has 1 aliphatic rings. The molecule has 0 aliphatic heterocycles. The van der Waals surface area contributed by atoms with Crippen molar-refractivity contribution in [1.82, 2.24) is 0 Å².